The molecular formula is C32H44Cl2FeN4O2Si2. The summed E-state index contributed by atoms with van der Waals surface area (Å²) in [6, 6.07) is 20.0. The van der Waals surface area contributed by atoms with Crippen LogP contribution in [0.1, 0.15) is 55.4 Å². The predicted molar refractivity (Wildman–Crippen MR) is 182 cm³/mol. The van der Waals surface area contributed by atoms with E-state index >= 15 is 0 Å². The van der Waals surface area contributed by atoms with E-state index in [1.54, 1.807) is 12.4 Å². The van der Waals surface area contributed by atoms with Crippen molar-refractivity contribution in [3.05, 3.63) is 85.5 Å². The molecule has 0 aromatic carbocycles. The van der Waals surface area contributed by atoms with E-state index < -0.39 is 30.4 Å². The monoisotopic (exact) mass is 698 g/mol. The van der Waals surface area contributed by atoms with E-state index in [9.17, 15) is 0 Å². The molecule has 0 spiro atoms. The molecule has 0 aliphatic rings. The second-order valence-electron chi connectivity index (χ2n) is 11.5. The van der Waals surface area contributed by atoms with Crippen LogP contribution in [-0.4, -0.2) is 43.1 Å². The van der Waals surface area contributed by atoms with Gasteiger partial charge in [0.1, 0.15) is 0 Å². The van der Waals surface area contributed by atoms with Crippen molar-refractivity contribution in [3.8, 4) is 22.8 Å². The van der Waals surface area contributed by atoms with Gasteiger partial charge in [-0.15, -0.1) is 0 Å². The van der Waals surface area contributed by atoms with Crippen LogP contribution in [0.4, 0.5) is 0 Å². The molecule has 11 heteroatoms. The molecule has 234 valence electrons. The van der Waals surface area contributed by atoms with Crippen LogP contribution < -0.4 is 10.4 Å². The van der Waals surface area contributed by atoms with Gasteiger partial charge in [-0.05, 0) is 68.9 Å². The third kappa shape index (κ3) is 9.52. The molecule has 0 aliphatic carbocycles. The van der Waals surface area contributed by atoms with Crippen LogP contribution in [0, 0.1) is 0 Å². The van der Waals surface area contributed by atoms with Crippen LogP contribution in [0.15, 0.2) is 85.5 Å². The van der Waals surface area contributed by atoms with E-state index in [1.165, 1.54) is 10.4 Å². The van der Waals surface area contributed by atoms with Crippen molar-refractivity contribution < 1.29 is 24.0 Å². The summed E-state index contributed by atoms with van der Waals surface area (Å²) in [5.74, 6) is 0. The summed E-state index contributed by atoms with van der Waals surface area (Å²) >= 11 is 13.3. The second-order valence-corrected chi connectivity index (χ2v) is 24.3. The number of rotatable bonds is 8. The Morgan fingerprint density at radius 3 is 1.02 bits per heavy atom. The third-order valence-electron chi connectivity index (χ3n) is 7.63. The van der Waals surface area contributed by atoms with Gasteiger partial charge in [0.25, 0.3) is 0 Å². The quantitative estimate of drug-likeness (QED) is 0.146. The molecule has 0 radical (unpaired) electrons. The van der Waals surface area contributed by atoms with Gasteiger partial charge in [-0.2, -0.15) is 22.2 Å². The molecule has 6 nitrogen and oxygen atoms in total. The minimum atomic E-state index is -2.01. The van der Waals surface area contributed by atoms with Crippen LogP contribution in [-0.2, 0) is 15.6 Å². The first-order valence-corrected chi connectivity index (χ1v) is 21.7. The van der Waals surface area contributed by atoms with Gasteiger partial charge in [-0.1, -0.05) is 79.7 Å². The minimum absolute atomic E-state index is 0.478. The van der Waals surface area contributed by atoms with Gasteiger partial charge in [0, 0.05) is 24.8 Å². The van der Waals surface area contributed by atoms with Crippen molar-refractivity contribution in [2.75, 3.05) is 0 Å². The molecule has 0 fully saturated rings. The first-order chi connectivity index (χ1) is 20.3. The first kappa shape index (κ1) is 37.2. The Labute approximate surface area is 275 Å². The number of hydrogen-bond acceptors (Lipinski definition) is 6. The Balaban J connectivity index is 0.000000275. The standard InChI is InChI=1S/2C16H21ClN2Si.Fe.2H2O/c2*1-12(2)20(17,13(3)4)14-8-9-16(19-11-14)15-7-5-6-10-18-15;;;/h2*5-13H,1-4H3;;2*1H2/q;;+2;;/p-2. The average molecular weight is 700 g/mol. The van der Waals surface area contributed by atoms with Crippen LogP contribution in [0.5, 0.6) is 0 Å². The maximum atomic E-state index is 7.12. The number of hydrogen-bond donors (Lipinski definition) is 2. The molecule has 0 amide bonds. The summed E-state index contributed by atoms with van der Waals surface area (Å²) in [7, 11) is -4.03. The molecule has 0 aliphatic heterocycles. The van der Waals surface area contributed by atoms with Crippen LogP contribution in [0.3, 0.4) is 0 Å². The summed E-state index contributed by atoms with van der Waals surface area (Å²) < 4.78 is 14.2. The Morgan fingerprint density at radius 1 is 0.512 bits per heavy atom. The molecule has 0 saturated heterocycles. The third-order valence-corrected chi connectivity index (χ3v) is 23.3. The van der Waals surface area contributed by atoms with Crippen molar-refractivity contribution in [1.82, 2.24) is 19.9 Å². The molecule has 0 saturated carbocycles. The molecule has 0 unspecified atom stereocenters. The van der Waals surface area contributed by atoms with Crippen molar-refractivity contribution >= 4 is 47.3 Å². The number of nitrogens with zero attached hydrogens (tertiary/aromatic N) is 4. The summed E-state index contributed by atoms with van der Waals surface area (Å²) in [4.78, 5) is 17.8. The van der Waals surface area contributed by atoms with E-state index in [2.05, 4.69) is 87.5 Å². The second kappa shape index (κ2) is 17.5. The summed E-state index contributed by atoms with van der Waals surface area (Å²) in [5, 5.41) is 2.42. The van der Waals surface area contributed by atoms with Gasteiger partial charge in [-0.3, -0.25) is 19.9 Å². The number of pyridine rings is 4. The van der Waals surface area contributed by atoms with Gasteiger partial charge in [0.2, 0.25) is 0 Å². The van der Waals surface area contributed by atoms with Crippen molar-refractivity contribution in [1.29, 1.82) is 0 Å². The predicted octanol–water partition coefficient (Wildman–Crippen LogP) is 7.59. The van der Waals surface area contributed by atoms with Crippen molar-refractivity contribution in [2.45, 2.75) is 77.6 Å². The average Bonchev–Trinajstić information content (AvgIpc) is 3.01. The van der Waals surface area contributed by atoms with E-state index in [0.717, 1.165) is 22.8 Å². The Hall–Kier alpha value is -1.95. The van der Waals surface area contributed by atoms with E-state index in [-0.39, 0.29) is 0 Å². The van der Waals surface area contributed by atoms with Gasteiger partial charge in [0.15, 0.2) is 14.8 Å². The first-order valence-electron chi connectivity index (χ1n) is 14.4. The van der Waals surface area contributed by atoms with Crippen LogP contribution in [0.25, 0.3) is 22.8 Å². The van der Waals surface area contributed by atoms with Crippen molar-refractivity contribution in [2.24, 2.45) is 0 Å². The number of aromatic nitrogens is 4. The molecule has 0 atom stereocenters. The fourth-order valence-corrected chi connectivity index (χ4v) is 12.4. The van der Waals surface area contributed by atoms with Crippen LogP contribution >= 0.6 is 22.2 Å². The van der Waals surface area contributed by atoms with Crippen LogP contribution in [0.2, 0.25) is 22.2 Å². The fraction of sp³-hybridized carbons (Fsp3) is 0.375. The van der Waals surface area contributed by atoms with E-state index in [1.807, 2.05) is 60.9 Å². The summed E-state index contributed by atoms with van der Waals surface area (Å²) in [6.07, 6.45) is 7.47. The van der Waals surface area contributed by atoms with Gasteiger partial charge < -0.3 is 0 Å². The normalized spacial score (nSPS) is 11.8. The Morgan fingerprint density at radius 2 is 0.814 bits per heavy atom. The van der Waals surface area contributed by atoms with Gasteiger partial charge in [-0.25, -0.2) is 0 Å². The zero-order chi connectivity index (χ0) is 32.2. The topological polar surface area (TPSA) is 92.0 Å². The van der Waals surface area contributed by atoms with E-state index in [4.69, 9.17) is 30.5 Å². The molecule has 4 heterocycles. The van der Waals surface area contributed by atoms with Gasteiger partial charge >= 0.3 is 24.0 Å². The maximum absolute atomic E-state index is 7.12. The Bertz CT molecular complexity index is 1230. The fourth-order valence-electron chi connectivity index (χ4n) is 5.24. The zero-order valence-electron chi connectivity index (χ0n) is 26.2. The summed E-state index contributed by atoms with van der Waals surface area (Å²) in [6.45, 7) is 17.7. The zero-order valence-corrected chi connectivity index (χ0v) is 30.8. The molecule has 4 rings (SSSR count). The van der Waals surface area contributed by atoms with Crippen molar-refractivity contribution in [3.63, 3.8) is 0 Å². The molecule has 43 heavy (non-hydrogen) atoms. The SMILES string of the molecule is CC(C)[Si](Cl)(c1ccc(-c2ccccn2)nc1)C(C)C.CC(C)[Si](Cl)(c1ccc(-c2ccccn2)nc1)C(C)C.[OH][Fe][OH]. The molecule has 0 bridgehead atoms. The van der Waals surface area contributed by atoms with E-state index in [0.29, 0.717) is 22.2 Å². The Kier molecular flexibility index (Phi) is 15.2. The molecular weight excluding hydrogens is 655 g/mol. The molecule has 4 aromatic rings. The number of halogens is 2. The van der Waals surface area contributed by atoms with Gasteiger partial charge in [0.05, 0.1) is 22.8 Å². The summed E-state index contributed by atoms with van der Waals surface area (Å²) in [5.41, 5.74) is 5.51. The molecule has 4 aromatic heterocycles. The molecule has 2 N–H and O–H groups in total.